The normalized spacial score (nSPS) is 12.1. The van der Waals surface area contributed by atoms with Crippen LogP contribution in [0.1, 0.15) is 31.3 Å². The second-order valence-electron chi connectivity index (χ2n) is 5.61. The molecule has 0 aliphatic carbocycles. The summed E-state index contributed by atoms with van der Waals surface area (Å²) in [6, 6.07) is 5.23. The van der Waals surface area contributed by atoms with Gasteiger partial charge in [0.1, 0.15) is 11.9 Å². The van der Waals surface area contributed by atoms with Crippen LogP contribution in [0.3, 0.4) is 0 Å². The van der Waals surface area contributed by atoms with Crippen molar-refractivity contribution in [1.29, 1.82) is 0 Å². The number of ether oxygens (including phenoxy) is 2. The first kappa shape index (κ1) is 16.9. The second kappa shape index (κ2) is 7.17. The number of aryl methyl sites for hydroxylation is 1. The van der Waals surface area contributed by atoms with E-state index >= 15 is 0 Å². The minimum atomic E-state index is -0.357. The number of nitrogens with one attached hydrogen (secondary N) is 1. The highest BCUT2D eigenvalue weighted by Crippen LogP contribution is 2.31. The summed E-state index contributed by atoms with van der Waals surface area (Å²) in [7, 11) is 5.08. The fourth-order valence-corrected chi connectivity index (χ4v) is 2.29. The molecule has 6 nitrogen and oxygen atoms in total. The Labute approximate surface area is 136 Å². The first-order valence-electron chi connectivity index (χ1n) is 7.47. The van der Waals surface area contributed by atoms with E-state index in [0.29, 0.717) is 11.5 Å². The maximum Gasteiger partial charge on any atom is 0.223 e. The number of carbonyl (C=O) groups excluding carboxylic acids is 1. The molecule has 2 aromatic rings. The molecule has 0 spiro atoms. The molecule has 1 aromatic carbocycles. The number of carbonyl (C=O) groups is 1. The molecule has 2 rings (SSSR count). The molecule has 0 radical (unpaired) electrons. The van der Waals surface area contributed by atoms with E-state index in [-0.39, 0.29) is 17.9 Å². The molecule has 124 valence electrons. The number of methoxy groups -OCH3 is 2. The van der Waals surface area contributed by atoms with Crippen molar-refractivity contribution in [2.45, 2.75) is 19.9 Å². The summed E-state index contributed by atoms with van der Waals surface area (Å²) in [6.45, 7) is 3.72. The van der Waals surface area contributed by atoms with E-state index < -0.39 is 0 Å². The summed E-state index contributed by atoms with van der Waals surface area (Å²) in [5.41, 5.74) is 0.881. The zero-order valence-corrected chi connectivity index (χ0v) is 14.2. The monoisotopic (exact) mass is 317 g/mol. The SMILES string of the molecule is COc1ccc([C@@H](NC(=O)C(C)C)c2nccn2C)cc1OC. The Morgan fingerprint density at radius 2 is 1.91 bits per heavy atom. The number of hydrogen-bond donors (Lipinski definition) is 1. The molecule has 1 atom stereocenters. The van der Waals surface area contributed by atoms with Gasteiger partial charge in [0.25, 0.3) is 0 Å². The molecule has 6 heteroatoms. The fraction of sp³-hybridized carbons (Fsp3) is 0.412. The lowest BCUT2D eigenvalue weighted by Gasteiger charge is -2.21. The van der Waals surface area contributed by atoms with Gasteiger partial charge in [-0.05, 0) is 17.7 Å². The van der Waals surface area contributed by atoms with Gasteiger partial charge in [0.15, 0.2) is 11.5 Å². The average molecular weight is 317 g/mol. The van der Waals surface area contributed by atoms with Gasteiger partial charge < -0.3 is 19.4 Å². The van der Waals surface area contributed by atoms with E-state index in [1.165, 1.54) is 0 Å². The molecule has 0 aliphatic rings. The molecule has 1 N–H and O–H groups in total. The molecular formula is C17H23N3O3. The van der Waals surface area contributed by atoms with Crippen molar-refractivity contribution in [1.82, 2.24) is 14.9 Å². The average Bonchev–Trinajstić information content (AvgIpc) is 2.97. The molecule has 1 amide bonds. The maximum atomic E-state index is 12.2. The van der Waals surface area contributed by atoms with Crippen LogP contribution < -0.4 is 14.8 Å². The van der Waals surface area contributed by atoms with Crippen LogP contribution in [0.25, 0.3) is 0 Å². The van der Waals surface area contributed by atoms with Crippen LogP contribution in [0.15, 0.2) is 30.6 Å². The number of hydrogen-bond acceptors (Lipinski definition) is 4. The zero-order chi connectivity index (χ0) is 17.0. The summed E-state index contributed by atoms with van der Waals surface area (Å²) in [5, 5.41) is 3.05. The zero-order valence-electron chi connectivity index (χ0n) is 14.2. The van der Waals surface area contributed by atoms with Crippen molar-refractivity contribution in [3.8, 4) is 11.5 Å². The highest BCUT2D eigenvalue weighted by Gasteiger charge is 2.23. The van der Waals surface area contributed by atoms with Gasteiger partial charge in [0.05, 0.1) is 14.2 Å². The molecule has 23 heavy (non-hydrogen) atoms. The summed E-state index contributed by atoms with van der Waals surface area (Å²) in [6.07, 6.45) is 3.56. The van der Waals surface area contributed by atoms with Gasteiger partial charge >= 0.3 is 0 Å². The Bertz CT molecular complexity index is 679. The van der Waals surface area contributed by atoms with Crippen LogP contribution in [0, 0.1) is 5.92 Å². The first-order chi connectivity index (χ1) is 11.0. The van der Waals surface area contributed by atoms with Crippen LogP contribution >= 0.6 is 0 Å². The van der Waals surface area contributed by atoms with E-state index in [1.807, 2.05) is 49.9 Å². The van der Waals surface area contributed by atoms with Gasteiger partial charge in [0.2, 0.25) is 5.91 Å². The van der Waals surface area contributed by atoms with Crippen molar-refractivity contribution < 1.29 is 14.3 Å². The summed E-state index contributed by atoms with van der Waals surface area (Å²) in [5.74, 6) is 1.87. The highest BCUT2D eigenvalue weighted by molar-refractivity contribution is 5.78. The molecule has 0 saturated heterocycles. The van der Waals surface area contributed by atoms with Crippen LogP contribution in [-0.4, -0.2) is 29.7 Å². The summed E-state index contributed by atoms with van der Waals surface area (Å²) >= 11 is 0. The van der Waals surface area contributed by atoms with E-state index in [0.717, 1.165) is 11.4 Å². The predicted molar refractivity (Wildman–Crippen MR) is 87.6 cm³/mol. The number of rotatable bonds is 6. The van der Waals surface area contributed by atoms with Gasteiger partial charge in [-0.25, -0.2) is 4.98 Å². The van der Waals surface area contributed by atoms with Gasteiger partial charge in [-0.15, -0.1) is 0 Å². The van der Waals surface area contributed by atoms with Gasteiger partial charge in [-0.3, -0.25) is 4.79 Å². The van der Waals surface area contributed by atoms with E-state index in [2.05, 4.69) is 10.3 Å². The topological polar surface area (TPSA) is 65.4 Å². The van der Waals surface area contributed by atoms with Gasteiger partial charge in [-0.2, -0.15) is 0 Å². The Balaban J connectivity index is 2.45. The van der Waals surface area contributed by atoms with Crippen molar-refractivity contribution >= 4 is 5.91 Å². The summed E-state index contributed by atoms with van der Waals surface area (Å²) < 4.78 is 12.5. The standard InChI is InChI=1S/C17H23N3O3/c1-11(2)17(21)19-15(16-18-8-9-20(16)3)12-6-7-13(22-4)14(10-12)23-5/h6-11,15H,1-5H3,(H,19,21)/t15-/m1/s1. The second-order valence-corrected chi connectivity index (χ2v) is 5.61. The van der Waals surface area contributed by atoms with Crippen LogP contribution in [0.4, 0.5) is 0 Å². The Morgan fingerprint density at radius 3 is 2.43 bits per heavy atom. The third-order valence-electron chi connectivity index (χ3n) is 3.67. The van der Waals surface area contributed by atoms with Crippen molar-refractivity contribution in [2.24, 2.45) is 13.0 Å². The molecule has 0 saturated carbocycles. The third kappa shape index (κ3) is 3.64. The third-order valence-corrected chi connectivity index (χ3v) is 3.67. The molecule has 1 aromatic heterocycles. The van der Waals surface area contributed by atoms with E-state index in [1.54, 1.807) is 20.4 Å². The molecule has 1 heterocycles. The smallest absolute Gasteiger partial charge is 0.223 e. The number of imidazole rings is 1. The minimum absolute atomic E-state index is 0.0345. The number of aromatic nitrogens is 2. The van der Waals surface area contributed by atoms with E-state index in [4.69, 9.17) is 9.47 Å². The highest BCUT2D eigenvalue weighted by atomic mass is 16.5. The molecule has 0 fully saturated rings. The lowest BCUT2D eigenvalue weighted by atomic mass is 10.0. The van der Waals surface area contributed by atoms with Crippen molar-refractivity contribution in [3.63, 3.8) is 0 Å². The largest absolute Gasteiger partial charge is 0.493 e. The maximum absolute atomic E-state index is 12.2. The fourth-order valence-electron chi connectivity index (χ4n) is 2.29. The number of benzene rings is 1. The van der Waals surface area contributed by atoms with Crippen molar-refractivity contribution in [2.75, 3.05) is 14.2 Å². The first-order valence-corrected chi connectivity index (χ1v) is 7.47. The Morgan fingerprint density at radius 1 is 1.22 bits per heavy atom. The molecule has 0 bridgehead atoms. The molecule has 0 aliphatic heterocycles. The number of nitrogens with zero attached hydrogens (tertiary/aromatic N) is 2. The minimum Gasteiger partial charge on any atom is -0.493 e. The quantitative estimate of drug-likeness (QED) is 0.888. The molecular weight excluding hydrogens is 294 g/mol. The van der Waals surface area contributed by atoms with Crippen LogP contribution in [0.2, 0.25) is 0 Å². The predicted octanol–water partition coefficient (Wildman–Crippen LogP) is 2.30. The van der Waals surface area contributed by atoms with Crippen molar-refractivity contribution in [3.05, 3.63) is 42.0 Å². The molecule has 0 unspecified atom stereocenters. The van der Waals surface area contributed by atoms with Crippen LogP contribution in [-0.2, 0) is 11.8 Å². The lowest BCUT2D eigenvalue weighted by Crippen LogP contribution is -2.33. The Hall–Kier alpha value is -2.50. The lowest BCUT2D eigenvalue weighted by molar-refractivity contribution is -0.124. The van der Waals surface area contributed by atoms with Gasteiger partial charge in [0, 0.05) is 25.4 Å². The summed E-state index contributed by atoms with van der Waals surface area (Å²) in [4.78, 5) is 16.6. The van der Waals surface area contributed by atoms with Gasteiger partial charge in [-0.1, -0.05) is 19.9 Å². The van der Waals surface area contributed by atoms with E-state index in [9.17, 15) is 4.79 Å². The van der Waals surface area contributed by atoms with Crippen LogP contribution in [0.5, 0.6) is 11.5 Å². The number of amides is 1. The Kier molecular flexibility index (Phi) is 5.26.